The molecule has 2 heteroatoms. The molecular weight excluding hydrogens is 226 g/mol. The molecule has 1 saturated carbocycles. The summed E-state index contributed by atoms with van der Waals surface area (Å²) in [5.74, 6) is 0.891. The molecule has 0 bridgehead atoms. The van der Waals surface area contributed by atoms with Gasteiger partial charge in [0.05, 0.1) is 0 Å². The van der Waals surface area contributed by atoms with E-state index in [0.29, 0.717) is 4.83 Å². The van der Waals surface area contributed by atoms with E-state index >= 15 is 0 Å². The molecule has 1 atom stereocenters. The third-order valence-corrected chi connectivity index (χ3v) is 3.86. The van der Waals surface area contributed by atoms with Crippen molar-refractivity contribution in [2.45, 2.75) is 30.5 Å². The second kappa shape index (κ2) is 4.23. The number of rotatable bonds is 3. The van der Waals surface area contributed by atoms with Crippen LogP contribution in [0.1, 0.15) is 25.0 Å². The number of nitrogens with zero attached hydrogens (tertiary/aromatic N) is 1. The van der Waals surface area contributed by atoms with Gasteiger partial charge in [0, 0.05) is 23.1 Å². The van der Waals surface area contributed by atoms with Crippen LogP contribution in [0.3, 0.4) is 0 Å². The van der Waals surface area contributed by atoms with Crippen LogP contribution in [0.5, 0.6) is 0 Å². The van der Waals surface area contributed by atoms with E-state index in [2.05, 4.69) is 33.0 Å². The topological polar surface area (TPSA) is 12.9 Å². The first-order chi connectivity index (χ1) is 6.36. The molecule has 2 rings (SSSR count). The molecule has 1 aliphatic rings. The van der Waals surface area contributed by atoms with Crippen molar-refractivity contribution in [2.24, 2.45) is 5.92 Å². The van der Waals surface area contributed by atoms with Crippen molar-refractivity contribution >= 4 is 15.9 Å². The van der Waals surface area contributed by atoms with Crippen molar-refractivity contribution in [1.82, 2.24) is 4.98 Å². The Morgan fingerprint density at radius 2 is 2.31 bits per heavy atom. The van der Waals surface area contributed by atoms with E-state index in [4.69, 9.17) is 0 Å². The minimum absolute atomic E-state index is 0.635. The molecule has 0 amide bonds. The molecule has 1 fully saturated rings. The lowest BCUT2D eigenvalue weighted by atomic mass is 9.81. The van der Waals surface area contributed by atoms with Crippen molar-refractivity contribution < 1.29 is 0 Å². The summed E-state index contributed by atoms with van der Waals surface area (Å²) in [5, 5.41) is 0. The van der Waals surface area contributed by atoms with Gasteiger partial charge < -0.3 is 0 Å². The highest BCUT2D eigenvalue weighted by Gasteiger charge is 2.25. The smallest absolute Gasteiger partial charge is 0.0414 e. The van der Waals surface area contributed by atoms with Crippen LogP contribution in [0.25, 0.3) is 0 Å². The minimum Gasteiger partial charge on any atom is -0.261 e. The van der Waals surface area contributed by atoms with Crippen LogP contribution < -0.4 is 0 Å². The molecule has 0 N–H and O–H groups in total. The summed E-state index contributed by atoms with van der Waals surface area (Å²) in [6, 6.07) is 6.13. The van der Waals surface area contributed by atoms with Gasteiger partial charge in [0.1, 0.15) is 0 Å². The summed E-state index contributed by atoms with van der Waals surface area (Å²) < 4.78 is 0. The van der Waals surface area contributed by atoms with Gasteiger partial charge in [-0.3, -0.25) is 4.98 Å². The Morgan fingerprint density at radius 1 is 1.46 bits per heavy atom. The van der Waals surface area contributed by atoms with Crippen molar-refractivity contribution in [1.29, 1.82) is 0 Å². The average Bonchev–Trinajstić information content (AvgIpc) is 2.02. The second-order valence-corrected chi connectivity index (χ2v) is 4.91. The SMILES string of the molecule is BrC(Cc1ccccn1)C1CCC1. The molecule has 1 aromatic heterocycles. The van der Waals surface area contributed by atoms with Crippen molar-refractivity contribution in [3.63, 3.8) is 0 Å². The predicted molar refractivity (Wildman–Crippen MR) is 58.0 cm³/mol. The Morgan fingerprint density at radius 3 is 2.85 bits per heavy atom. The summed E-state index contributed by atoms with van der Waals surface area (Å²) in [7, 11) is 0. The Bertz CT molecular complexity index is 256. The second-order valence-electron chi connectivity index (χ2n) is 3.73. The zero-order valence-corrected chi connectivity index (χ0v) is 9.20. The standard InChI is InChI=1S/C11H14BrN/c12-11(9-4-3-5-9)8-10-6-1-2-7-13-10/h1-2,6-7,9,11H,3-5,8H2. The molecule has 70 valence electrons. The number of pyridine rings is 1. The summed E-state index contributed by atoms with van der Waals surface area (Å²) in [6.07, 6.45) is 7.14. The summed E-state index contributed by atoms with van der Waals surface area (Å²) in [6.45, 7) is 0. The normalized spacial score (nSPS) is 19.5. The number of alkyl halides is 1. The van der Waals surface area contributed by atoms with E-state index in [1.165, 1.54) is 25.0 Å². The number of hydrogen-bond donors (Lipinski definition) is 0. The van der Waals surface area contributed by atoms with Gasteiger partial charge in [-0.15, -0.1) is 0 Å². The molecule has 0 radical (unpaired) electrons. The highest BCUT2D eigenvalue weighted by molar-refractivity contribution is 9.09. The summed E-state index contributed by atoms with van der Waals surface area (Å²) >= 11 is 3.75. The van der Waals surface area contributed by atoms with Crippen molar-refractivity contribution in [2.75, 3.05) is 0 Å². The monoisotopic (exact) mass is 239 g/mol. The first kappa shape index (κ1) is 9.20. The fourth-order valence-electron chi connectivity index (χ4n) is 1.69. The maximum atomic E-state index is 4.33. The summed E-state index contributed by atoms with van der Waals surface area (Å²) in [4.78, 5) is 4.96. The lowest BCUT2D eigenvalue weighted by Crippen LogP contribution is -2.23. The quantitative estimate of drug-likeness (QED) is 0.739. The lowest BCUT2D eigenvalue weighted by molar-refractivity contribution is 0.308. The molecule has 1 aromatic rings. The maximum absolute atomic E-state index is 4.33. The van der Waals surface area contributed by atoms with Gasteiger partial charge in [0.15, 0.2) is 0 Å². The lowest BCUT2D eigenvalue weighted by Gasteiger charge is -2.29. The Balaban J connectivity index is 1.90. The molecule has 0 aliphatic heterocycles. The zero-order valence-electron chi connectivity index (χ0n) is 7.62. The van der Waals surface area contributed by atoms with Crippen LogP contribution >= 0.6 is 15.9 Å². The molecule has 1 heterocycles. The first-order valence-corrected chi connectivity index (χ1v) is 5.82. The van der Waals surface area contributed by atoms with Gasteiger partial charge >= 0.3 is 0 Å². The number of hydrogen-bond acceptors (Lipinski definition) is 1. The van der Waals surface area contributed by atoms with E-state index in [1.807, 2.05) is 12.3 Å². The van der Waals surface area contributed by atoms with Crippen molar-refractivity contribution in [3.05, 3.63) is 30.1 Å². The van der Waals surface area contributed by atoms with Gasteiger partial charge in [0.2, 0.25) is 0 Å². The van der Waals surface area contributed by atoms with Crippen molar-refractivity contribution in [3.8, 4) is 0 Å². The first-order valence-electron chi connectivity index (χ1n) is 4.90. The fourth-order valence-corrected chi connectivity index (χ4v) is 2.55. The molecule has 0 saturated heterocycles. The Kier molecular flexibility index (Phi) is 2.99. The van der Waals surface area contributed by atoms with Crippen LogP contribution in [0, 0.1) is 5.92 Å². The highest BCUT2D eigenvalue weighted by atomic mass is 79.9. The highest BCUT2D eigenvalue weighted by Crippen LogP contribution is 2.34. The Labute approximate surface area is 87.7 Å². The van der Waals surface area contributed by atoms with E-state index < -0.39 is 0 Å². The third-order valence-electron chi connectivity index (χ3n) is 2.79. The molecule has 0 aromatic carbocycles. The van der Waals surface area contributed by atoms with Crippen LogP contribution in [0.2, 0.25) is 0 Å². The number of halogens is 1. The molecule has 0 spiro atoms. The average molecular weight is 240 g/mol. The maximum Gasteiger partial charge on any atom is 0.0414 e. The zero-order chi connectivity index (χ0) is 9.10. The van der Waals surface area contributed by atoms with Crippen LogP contribution in [-0.4, -0.2) is 9.81 Å². The largest absolute Gasteiger partial charge is 0.261 e. The Hall–Kier alpha value is -0.370. The van der Waals surface area contributed by atoms with Crippen LogP contribution in [-0.2, 0) is 6.42 Å². The van der Waals surface area contributed by atoms with Crippen LogP contribution in [0.15, 0.2) is 24.4 Å². The molecule has 13 heavy (non-hydrogen) atoms. The minimum atomic E-state index is 0.635. The van der Waals surface area contributed by atoms with E-state index in [1.54, 1.807) is 0 Å². The van der Waals surface area contributed by atoms with Crippen LogP contribution in [0.4, 0.5) is 0 Å². The van der Waals surface area contributed by atoms with Gasteiger partial charge in [0.25, 0.3) is 0 Å². The van der Waals surface area contributed by atoms with Gasteiger partial charge in [-0.2, -0.15) is 0 Å². The van der Waals surface area contributed by atoms with E-state index in [0.717, 1.165) is 12.3 Å². The van der Waals surface area contributed by atoms with Gasteiger partial charge in [-0.1, -0.05) is 28.4 Å². The summed E-state index contributed by atoms with van der Waals surface area (Å²) in [5.41, 5.74) is 1.20. The number of aromatic nitrogens is 1. The van der Waals surface area contributed by atoms with Gasteiger partial charge in [-0.25, -0.2) is 0 Å². The van der Waals surface area contributed by atoms with Gasteiger partial charge in [-0.05, 0) is 30.9 Å². The third kappa shape index (κ3) is 2.31. The molecular formula is C11H14BrN. The molecule has 1 aliphatic carbocycles. The molecule has 1 nitrogen and oxygen atoms in total. The van der Waals surface area contributed by atoms with E-state index in [9.17, 15) is 0 Å². The van der Waals surface area contributed by atoms with E-state index in [-0.39, 0.29) is 0 Å². The molecule has 1 unspecified atom stereocenters. The fraction of sp³-hybridized carbons (Fsp3) is 0.545. The predicted octanol–water partition coefficient (Wildman–Crippen LogP) is 3.19.